The van der Waals surface area contributed by atoms with Crippen LogP contribution in [0.25, 0.3) is 0 Å². The van der Waals surface area contributed by atoms with Crippen molar-refractivity contribution in [3.63, 3.8) is 0 Å². The van der Waals surface area contributed by atoms with Crippen molar-refractivity contribution in [1.29, 1.82) is 0 Å². The summed E-state index contributed by atoms with van der Waals surface area (Å²) < 4.78 is 1.59. The highest BCUT2D eigenvalue weighted by Crippen LogP contribution is 2.12. The van der Waals surface area contributed by atoms with Crippen molar-refractivity contribution in [2.45, 2.75) is 13.1 Å². The fourth-order valence-electron chi connectivity index (χ4n) is 2.33. The summed E-state index contributed by atoms with van der Waals surface area (Å²) in [6, 6.07) is 9.51. The number of guanidine groups is 1. The van der Waals surface area contributed by atoms with Crippen LogP contribution in [0.2, 0.25) is 0 Å². The van der Waals surface area contributed by atoms with Crippen molar-refractivity contribution < 1.29 is 4.79 Å². The maximum Gasteiger partial charge on any atom is 0.246 e. The van der Waals surface area contributed by atoms with Crippen LogP contribution in [-0.2, 0) is 17.9 Å². The quantitative estimate of drug-likeness (QED) is 0.667. The van der Waals surface area contributed by atoms with Crippen LogP contribution in [0.1, 0.15) is 5.56 Å². The third-order valence-electron chi connectivity index (χ3n) is 3.28. The van der Waals surface area contributed by atoms with E-state index in [0.717, 1.165) is 17.2 Å². The number of carbonyl (C=O) groups is 1. The fourth-order valence-corrected chi connectivity index (χ4v) is 2.33. The van der Waals surface area contributed by atoms with Crippen LogP contribution in [0.15, 0.2) is 47.7 Å². The fraction of sp³-hybridized carbons (Fsp3) is 0.353. The molecule has 2 aromatic rings. The highest BCUT2D eigenvalue weighted by atomic mass is 16.2. The van der Waals surface area contributed by atoms with E-state index in [-0.39, 0.29) is 12.5 Å². The highest BCUT2D eigenvalue weighted by molar-refractivity contribution is 5.90. The van der Waals surface area contributed by atoms with Crippen LogP contribution in [-0.4, -0.2) is 59.6 Å². The number of carbonyl (C=O) groups excluding carboxylic acids is 1. The lowest BCUT2D eigenvalue weighted by atomic mass is 10.2. The second kappa shape index (κ2) is 8.14. The van der Waals surface area contributed by atoms with Gasteiger partial charge in [0.2, 0.25) is 5.91 Å². The second-order valence-corrected chi connectivity index (χ2v) is 5.86. The summed E-state index contributed by atoms with van der Waals surface area (Å²) >= 11 is 0. The summed E-state index contributed by atoms with van der Waals surface area (Å²) in [6.07, 6.45) is 3.41. The number of nitrogens with one attached hydrogen (secondary N) is 1. The SMILES string of the molecule is CN(C)C(=NCc1cccc(NC(=O)Cn2cccn2)c1)N(C)C. The molecule has 0 fully saturated rings. The van der Waals surface area contributed by atoms with Gasteiger partial charge in [-0.2, -0.15) is 5.10 Å². The summed E-state index contributed by atoms with van der Waals surface area (Å²) in [5.41, 5.74) is 1.80. The Labute approximate surface area is 142 Å². The molecule has 1 amide bonds. The zero-order chi connectivity index (χ0) is 17.5. The number of benzene rings is 1. The minimum atomic E-state index is -0.110. The molecule has 0 aliphatic rings. The zero-order valence-corrected chi connectivity index (χ0v) is 14.6. The summed E-state index contributed by atoms with van der Waals surface area (Å²) in [4.78, 5) is 20.6. The smallest absolute Gasteiger partial charge is 0.246 e. The Morgan fingerprint density at radius 1 is 1.21 bits per heavy atom. The van der Waals surface area contributed by atoms with Crippen molar-refractivity contribution in [3.8, 4) is 0 Å². The van der Waals surface area contributed by atoms with E-state index in [1.807, 2.05) is 62.3 Å². The molecule has 24 heavy (non-hydrogen) atoms. The summed E-state index contributed by atoms with van der Waals surface area (Å²) in [6.45, 7) is 0.745. The molecule has 0 unspecified atom stereocenters. The Morgan fingerprint density at radius 3 is 2.58 bits per heavy atom. The molecule has 1 N–H and O–H groups in total. The lowest BCUT2D eigenvalue weighted by Gasteiger charge is -2.22. The van der Waals surface area contributed by atoms with Crippen molar-refractivity contribution >= 4 is 17.6 Å². The Kier molecular flexibility index (Phi) is 5.95. The first-order valence-corrected chi connectivity index (χ1v) is 7.71. The number of anilines is 1. The minimum Gasteiger partial charge on any atom is -0.349 e. The molecular formula is C17H24N6O. The lowest BCUT2D eigenvalue weighted by molar-refractivity contribution is -0.116. The molecule has 1 aromatic carbocycles. The van der Waals surface area contributed by atoms with E-state index in [2.05, 4.69) is 15.4 Å². The number of aromatic nitrogens is 2. The van der Waals surface area contributed by atoms with Gasteiger partial charge in [0.05, 0.1) is 6.54 Å². The molecule has 2 rings (SSSR count). The molecule has 0 spiro atoms. The van der Waals surface area contributed by atoms with Gasteiger partial charge < -0.3 is 15.1 Å². The van der Waals surface area contributed by atoms with Gasteiger partial charge in [0.25, 0.3) is 0 Å². The highest BCUT2D eigenvalue weighted by Gasteiger charge is 2.06. The van der Waals surface area contributed by atoms with Crippen molar-refractivity contribution in [2.24, 2.45) is 4.99 Å². The molecule has 0 saturated carbocycles. The molecule has 0 radical (unpaired) electrons. The van der Waals surface area contributed by atoms with Gasteiger partial charge in [-0.25, -0.2) is 4.99 Å². The van der Waals surface area contributed by atoms with Gasteiger partial charge in [0, 0.05) is 46.3 Å². The minimum absolute atomic E-state index is 0.110. The summed E-state index contributed by atoms with van der Waals surface area (Å²) in [5, 5.41) is 6.91. The van der Waals surface area contributed by atoms with Gasteiger partial charge in [0.1, 0.15) is 6.54 Å². The number of nitrogens with zero attached hydrogens (tertiary/aromatic N) is 5. The summed E-state index contributed by atoms with van der Waals surface area (Å²) in [7, 11) is 7.85. The third-order valence-corrected chi connectivity index (χ3v) is 3.28. The lowest BCUT2D eigenvalue weighted by Crippen LogP contribution is -2.35. The van der Waals surface area contributed by atoms with Gasteiger partial charge >= 0.3 is 0 Å². The first kappa shape index (κ1) is 17.5. The van der Waals surface area contributed by atoms with Crippen molar-refractivity contribution in [2.75, 3.05) is 33.5 Å². The van der Waals surface area contributed by atoms with Crippen molar-refractivity contribution in [3.05, 3.63) is 48.3 Å². The van der Waals surface area contributed by atoms with Crippen molar-refractivity contribution in [1.82, 2.24) is 19.6 Å². The Bertz CT molecular complexity index is 681. The van der Waals surface area contributed by atoms with E-state index >= 15 is 0 Å². The van der Waals surface area contributed by atoms with Gasteiger partial charge in [0.15, 0.2) is 5.96 Å². The Hall–Kier alpha value is -2.83. The predicted molar refractivity (Wildman–Crippen MR) is 95.8 cm³/mol. The maximum atomic E-state index is 12.0. The normalized spacial score (nSPS) is 10.2. The average Bonchev–Trinajstić information content (AvgIpc) is 2.99. The average molecular weight is 328 g/mol. The zero-order valence-electron chi connectivity index (χ0n) is 14.6. The molecule has 1 heterocycles. The molecular weight excluding hydrogens is 304 g/mol. The number of hydrogen-bond donors (Lipinski definition) is 1. The van der Waals surface area contributed by atoms with Gasteiger partial charge in [-0.05, 0) is 23.8 Å². The maximum absolute atomic E-state index is 12.0. The molecule has 1 aromatic heterocycles. The number of amides is 1. The van der Waals surface area contributed by atoms with E-state index < -0.39 is 0 Å². The standard InChI is InChI=1S/C17H24N6O/c1-21(2)17(22(3)4)18-12-14-7-5-8-15(11-14)20-16(24)13-23-10-6-9-19-23/h5-11H,12-13H2,1-4H3,(H,20,24). The second-order valence-electron chi connectivity index (χ2n) is 5.86. The van der Waals surface area contributed by atoms with E-state index in [4.69, 9.17) is 0 Å². The Balaban J connectivity index is 2.00. The molecule has 0 atom stereocenters. The van der Waals surface area contributed by atoms with Gasteiger partial charge in [-0.1, -0.05) is 12.1 Å². The van der Waals surface area contributed by atoms with Gasteiger partial charge in [-0.3, -0.25) is 9.48 Å². The monoisotopic (exact) mass is 328 g/mol. The molecule has 128 valence electrons. The molecule has 0 saturated heterocycles. The topological polar surface area (TPSA) is 65.8 Å². The third kappa shape index (κ3) is 5.12. The number of rotatable bonds is 5. The van der Waals surface area contributed by atoms with Crippen LogP contribution in [0.4, 0.5) is 5.69 Å². The van der Waals surface area contributed by atoms with Crippen LogP contribution < -0.4 is 5.32 Å². The first-order chi connectivity index (χ1) is 11.5. The first-order valence-electron chi connectivity index (χ1n) is 7.71. The van der Waals surface area contributed by atoms with E-state index in [0.29, 0.717) is 6.54 Å². The van der Waals surface area contributed by atoms with Gasteiger partial charge in [-0.15, -0.1) is 0 Å². The number of aliphatic imine (C=N–C) groups is 1. The predicted octanol–water partition coefficient (Wildman–Crippen LogP) is 1.50. The van der Waals surface area contributed by atoms with E-state index in [1.165, 1.54) is 0 Å². The molecule has 0 aliphatic heterocycles. The largest absolute Gasteiger partial charge is 0.349 e. The Morgan fingerprint density at radius 2 is 1.96 bits per heavy atom. The summed E-state index contributed by atoms with van der Waals surface area (Å²) in [5.74, 6) is 0.782. The van der Waals surface area contributed by atoms with E-state index in [9.17, 15) is 4.79 Å². The molecule has 0 aliphatic carbocycles. The molecule has 7 nitrogen and oxygen atoms in total. The number of hydrogen-bond acceptors (Lipinski definition) is 3. The molecule has 0 bridgehead atoms. The van der Waals surface area contributed by atoms with Crippen LogP contribution in [0.3, 0.4) is 0 Å². The van der Waals surface area contributed by atoms with Crippen LogP contribution in [0, 0.1) is 0 Å². The van der Waals surface area contributed by atoms with Crippen LogP contribution >= 0.6 is 0 Å². The molecule has 7 heteroatoms. The van der Waals surface area contributed by atoms with Crippen LogP contribution in [0.5, 0.6) is 0 Å². The van der Waals surface area contributed by atoms with E-state index in [1.54, 1.807) is 23.1 Å².